The molecule has 0 aromatic heterocycles. The summed E-state index contributed by atoms with van der Waals surface area (Å²) in [7, 11) is 0. The molecule has 0 bridgehead atoms. The van der Waals surface area contributed by atoms with Gasteiger partial charge in [-0.25, -0.2) is 10.9 Å². The Labute approximate surface area is 172 Å². The van der Waals surface area contributed by atoms with Crippen molar-refractivity contribution in [3.05, 3.63) is 59.7 Å². The predicted molar refractivity (Wildman–Crippen MR) is 114 cm³/mol. The molecule has 2 aromatic rings. The molecule has 9 heteroatoms. The van der Waals surface area contributed by atoms with Gasteiger partial charge >= 0.3 is 0 Å². The van der Waals surface area contributed by atoms with Crippen molar-refractivity contribution in [2.45, 2.75) is 12.8 Å². The Bertz CT molecular complexity index is 815. The highest BCUT2D eigenvalue weighted by molar-refractivity contribution is 7.99. The van der Waals surface area contributed by atoms with Gasteiger partial charge < -0.3 is 10.2 Å². The number of hydrazone groups is 2. The molecule has 2 aromatic carbocycles. The quantitative estimate of drug-likeness (QED) is 0.270. The summed E-state index contributed by atoms with van der Waals surface area (Å²) in [5.41, 5.74) is 5.81. The second-order valence-corrected chi connectivity index (χ2v) is 7.04. The van der Waals surface area contributed by atoms with Crippen molar-refractivity contribution in [1.29, 1.82) is 0 Å². The summed E-state index contributed by atoms with van der Waals surface area (Å²) in [6, 6.07) is 13.3. The summed E-state index contributed by atoms with van der Waals surface area (Å²) in [5, 5.41) is 26.8. The largest absolute Gasteiger partial charge is 0.507 e. The standard InChI is InChI=1S/C20H22N4O4S/c25-17-7-3-1-5-15(17)13-21-23-19(27)9-11-29-12-10-20(28)24-22-14-16-6-2-4-8-18(16)26/h1-8,13-14,25-26H,9-12H2,(H,23,27)(H,24,28)/b21-13+,22-14+. The van der Waals surface area contributed by atoms with Crippen LogP contribution in [0.3, 0.4) is 0 Å². The topological polar surface area (TPSA) is 123 Å². The molecule has 0 saturated heterocycles. The first-order chi connectivity index (χ1) is 14.1. The fourth-order valence-corrected chi connectivity index (χ4v) is 2.95. The average molecular weight is 414 g/mol. The Morgan fingerprint density at radius 1 is 0.793 bits per heavy atom. The molecule has 0 spiro atoms. The molecule has 2 rings (SSSR count). The van der Waals surface area contributed by atoms with E-state index in [1.165, 1.54) is 36.3 Å². The van der Waals surface area contributed by atoms with E-state index in [-0.39, 0.29) is 36.2 Å². The zero-order chi connectivity index (χ0) is 20.9. The van der Waals surface area contributed by atoms with Gasteiger partial charge in [0.25, 0.3) is 0 Å². The number of para-hydroxylation sites is 2. The lowest BCUT2D eigenvalue weighted by Gasteiger charge is -2.02. The molecule has 0 fully saturated rings. The van der Waals surface area contributed by atoms with Crippen LogP contribution in [0.4, 0.5) is 0 Å². The lowest BCUT2D eigenvalue weighted by atomic mass is 10.2. The Morgan fingerprint density at radius 2 is 1.21 bits per heavy atom. The fourth-order valence-electron chi connectivity index (χ4n) is 2.08. The third kappa shape index (κ3) is 8.48. The molecule has 2 amide bonds. The van der Waals surface area contributed by atoms with E-state index < -0.39 is 0 Å². The minimum Gasteiger partial charge on any atom is -0.507 e. The van der Waals surface area contributed by atoms with Crippen molar-refractivity contribution in [3.63, 3.8) is 0 Å². The van der Waals surface area contributed by atoms with Gasteiger partial charge in [0.05, 0.1) is 12.4 Å². The second kappa shape index (κ2) is 12.2. The number of amides is 2. The molecule has 8 nitrogen and oxygen atoms in total. The SMILES string of the molecule is O=C(CCSCCC(=O)N/N=C/c1ccccc1O)N/N=C/c1ccccc1O. The van der Waals surface area contributed by atoms with Crippen molar-refractivity contribution >= 4 is 36.0 Å². The molecule has 0 heterocycles. The third-order valence-electron chi connectivity index (χ3n) is 3.61. The zero-order valence-electron chi connectivity index (χ0n) is 15.6. The minimum absolute atomic E-state index is 0.0873. The number of carbonyl (C=O) groups excluding carboxylic acids is 2. The van der Waals surface area contributed by atoms with E-state index in [0.717, 1.165) is 0 Å². The van der Waals surface area contributed by atoms with E-state index in [2.05, 4.69) is 21.1 Å². The molecule has 0 aliphatic heterocycles. The number of phenolic OH excluding ortho intramolecular Hbond substituents is 2. The van der Waals surface area contributed by atoms with Crippen LogP contribution in [0.1, 0.15) is 24.0 Å². The van der Waals surface area contributed by atoms with Gasteiger partial charge in [-0.15, -0.1) is 0 Å². The van der Waals surface area contributed by atoms with Crippen molar-refractivity contribution in [1.82, 2.24) is 10.9 Å². The average Bonchev–Trinajstić information content (AvgIpc) is 2.70. The number of thioether (sulfide) groups is 1. The molecule has 0 aliphatic carbocycles. The van der Waals surface area contributed by atoms with Crippen molar-refractivity contribution in [2.24, 2.45) is 10.2 Å². The smallest absolute Gasteiger partial charge is 0.240 e. The minimum atomic E-state index is -0.249. The van der Waals surface area contributed by atoms with E-state index in [1.807, 2.05) is 0 Å². The molecular weight excluding hydrogens is 392 g/mol. The van der Waals surface area contributed by atoms with Gasteiger partial charge in [-0.05, 0) is 24.3 Å². The third-order valence-corrected chi connectivity index (χ3v) is 4.59. The first-order valence-corrected chi connectivity index (χ1v) is 9.99. The molecule has 0 saturated carbocycles. The van der Waals surface area contributed by atoms with Gasteiger partial charge in [0.1, 0.15) is 11.5 Å². The van der Waals surface area contributed by atoms with Gasteiger partial charge in [-0.1, -0.05) is 24.3 Å². The first-order valence-electron chi connectivity index (χ1n) is 8.84. The van der Waals surface area contributed by atoms with Gasteiger partial charge in [-0.3, -0.25) is 9.59 Å². The van der Waals surface area contributed by atoms with Crippen LogP contribution >= 0.6 is 11.8 Å². The predicted octanol–water partition coefficient (Wildman–Crippen LogP) is 2.21. The van der Waals surface area contributed by atoms with Gasteiger partial charge in [-0.2, -0.15) is 22.0 Å². The van der Waals surface area contributed by atoms with Crippen molar-refractivity contribution < 1.29 is 19.8 Å². The zero-order valence-corrected chi connectivity index (χ0v) is 16.4. The Hall–Kier alpha value is -3.33. The Kier molecular flexibility index (Phi) is 9.23. The summed E-state index contributed by atoms with van der Waals surface area (Å²) in [6.07, 6.45) is 3.27. The normalized spacial score (nSPS) is 11.0. The molecule has 4 N–H and O–H groups in total. The van der Waals surface area contributed by atoms with E-state index in [1.54, 1.807) is 36.4 Å². The summed E-state index contributed by atoms with van der Waals surface area (Å²) < 4.78 is 0. The van der Waals surface area contributed by atoms with Crippen molar-refractivity contribution in [2.75, 3.05) is 11.5 Å². The lowest BCUT2D eigenvalue weighted by molar-refractivity contribution is -0.121. The highest BCUT2D eigenvalue weighted by Crippen LogP contribution is 2.13. The second-order valence-electron chi connectivity index (χ2n) is 5.82. The number of aromatic hydroxyl groups is 2. The summed E-state index contributed by atoms with van der Waals surface area (Å²) in [5.74, 6) is 0.772. The number of hydrogen-bond acceptors (Lipinski definition) is 7. The molecule has 0 aliphatic rings. The number of nitrogens with zero attached hydrogens (tertiary/aromatic N) is 2. The first kappa shape index (κ1) is 22.0. The highest BCUT2D eigenvalue weighted by atomic mass is 32.2. The fraction of sp³-hybridized carbons (Fsp3) is 0.200. The number of phenols is 2. The maximum absolute atomic E-state index is 11.7. The van der Waals surface area contributed by atoms with Crippen LogP contribution in [-0.4, -0.2) is 46.0 Å². The van der Waals surface area contributed by atoms with Crippen LogP contribution in [0.25, 0.3) is 0 Å². The Morgan fingerprint density at radius 3 is 1.62 bits per heavy atom. The van der Waals surface area contributed by atoms with Gasteiger partial charge in [0, 0.05) is 35.5 Å². The van der Waals surface area contributed by atoms with Crippen LogP contribution in [0.15, 0.2) is 58.7 Å². The van der Waals surface area contributed by atoms with Gasteiger partial charge in [0.2, 0.25) is 11.8 Å². The van der Waals surface area contributed by atoms with E-state index in [4.69, 9.17) is 0 Å². The van der Waals surface area contributed by atoms with Crippen LogP contribution in [-0.2, 0) is 9.59 Å². The number of hydrogen-bond donors (Lipinski definition) is 4. The monoisotopic (exact) mass is 414 g/mol. The summed E-state index contributed by atoms with van der Waals surface area (Å²) in [6.45, 7) is 0. The number of benzene rings is 2. The van der Waals surface area contributed by atoms with Crippen LogP contribution in [0, 0.1) is 0 Å². The van der Waals surface area contributed by atoms with E-state index in [0.29, 0.717) is 22.6 Å². The van der Waals surface area contributed by atoms with Crippen molar-refractivity contribution in [3.8, 4) is 11.5 Å². The molecule has 0 radical (unpaired) electrons. The molecule has 29 heavy (non-hydrogen) atoms. The molecular formula is C20H22N4O4S. The molecule has 0 atom stereocenters. The van der Waals surface area contributed by atoms with E-state index in [9.17, 15) is 19.8 Å². The lowest BCUT2D eigenvalue weighted by Crippen LogP contribution is -2.19. The number of rotatable bonds is 10. The molecule has 152 valence electrons. The highest BCUT2D eigenvalue weighted by Gasteiger charge is 2.03. The van der Waals surface area contributed by atoms with Gasteiger partial charge in [0.15, 0.2) is 0 Å². The Balaban J connectivity index is 1.56. The summed E-state index contributed by atoms with van der Waals surface area (Å²) in [4.78, 5) is 23.4. The van der Waals surface area contributed by atoms with Crippen LogP contribution < -0.4 is 10.9 Å². The maximum atomic E-state index is 11.7. The van der Waals surface area contributed by atoms with Crippen LogP contribution in [0.2, 0.25) is 0 Å². The maximum Gasteiger partial charge on any atom is 0.240 e. The van der Waals surface area contributed by atoms with E-state index >= 15 is 0 Å². The summed E-state index contributed by atoms with van der Waals surface area (Å²) >= 11 is 1.47. The van der Waals surface area contributed by atoms with Crippen LogP contribution in [0.5, 0.6) is 11.5 Å². The number of nitrogens with one attached hydrogen (secondary N) is 2. The molecule has 0 unspecified atom stereocenters. The number of carbonyl (C=O) groups is 2.